The molecule has 2 aromatic rings. The van der Waals surface area contributed by atoms with Crippen LogP contribution in [0.4, 0.5) is 4.79 Å². The number of benzene rings is 1. The lowest BCUT2D eigenvalue weighted by molar-refractivity contribution is 0.0518. The fourth-order valence-corrected chi connectivity index (χ4v) is 3.98. The number of hydrogen-bond acceptors (Lipinski definition) is 4. The van der Waals surface area contributed by atoms with Gasteiger partial charge in [-0.15, -0.1) is 11.8 Å². The maximum Gasteiger partial charge on any atom is 0.506 e. The van der Waals surface area contributed by atoms with Gasteiger partial charge < -0.3 is 14.4 Å². The molecule has 0 saturated carbocycles. The number of hydrogen-bond donors (Lipinski definition) is 1. The van der Waals surface area contributed by atoms with Gasteiger partial charge in [0.1, 0.15) is 6.10 Å². The number of thioether (sulfide) groups is 1. The largest absolute Gasteiger partial charge is 0.506 e. The molecule has 2 heterocycles. The van der Waals surface area contributed by atoms with Crippen LogP contribution < -0.4 is 0 Å². The number of ether oxygens (including phenoxy) is 1. The Hall–Kier alpha value is -1.79. The lowest BCUT2D eigenvalue weighted by Gasteiger charge is -2.10. The number of thiocarbonyl (C=S) groups is 1. The predicted octanol–water partition coefficient (Wildman–Crippen LogP) is 4.42. The summed E-state index contributed by atoms with van der Waals surface area (Å²) in [6, 6.07) is 10.2. The van der Waals surface area contributed by atoms with E-state index in [1.54, 1.807) is 11.8 Å². The van der Waals surface area contributed by atoms with Crippen LogP contribution in [0.1, 0.15) is 35.0 Å². The van der Waals surface area contributed by atoms with Crippen LogP contribution in [0.3, 0.4) is 0 Å². The molecule has 23 heavy (non-hydrogen) atoms. The van der Waals surface area contributed by atoms with Gasteiger partial charge >= 0.3 is 6.16 Å². The molecule has 1 N–H and O–H groups in total. The van der Waals surface area contributed by atoms with Crippen molar-refractivity contribution < 1.29 is 14.6 Å². The SMILES string of the molecule is CSc1cc2n(c1C(=S)c1ccc(C)cc1)CCC2OC(=O)O. The zero-order chi connectivity index (χ0) is 16.6. The van der Waals surface area contributed by atoms with Gasteiger partial charge in [0.15, 0.2) is 0 Å². The van der Waals surface area contributed by atoms with Crippen LogP contribution in [-0.4, -0.2) is 26.9 Å². The van der Waals surface area contributed by atoms with E-state index in [0.29, 0.717) is 6.42 Å². The topological polar surface area (TPSA) is 51.5 Å². The van der Waals surface area contributed by atoms with Gasteiger partial charge in [0.2, 0.25) is 0 Å². The average molecular weight is 347 g/mol. The number of fused-ring (bicyclic) bond motifs is 1. The van der Waals surface area contributed by atoms with Gasteiger partial charge in [-0.1, -0.05) is 42.0 Å². The van der Waals surface area contributed by atoms with E-state index in [-0.39, 0.29) is 0 Å². The van der Waals surface area contributed by atoms with Crippen LogP contribution in [0.15, 0.2) is 35.2 Å². The molecule has 3 rings (SSSR count). The number of carboxylic acid groups (broad SMARTS) is 1. The van der Waals surface area contributed by atoms with Crippen molar-refractivity contribution in [1.82, 2.24) is 4.57 Å². The van der Waals surface area contributed by atoms with E-state index >= 15 is 0 Å². The highest BCUT2D eigenvalue weighted by Crippen LogP contribution is 2.38. The molecule has 120 valence electrons. The summed E-state index contributed by atoms with van der Waals surface area (Å²) in [5.74, 6) is 0. The highest BCUT2D eigenvalue weighted by molar-refractivity contribution is 7.98. The minimum absolute atomic E-state index is 0.409. The van der Waals surface area contributed by atoms with Crippen molar-refractivity contribution in [3.63, 3.8) is 0 Å². The molecule has 1 unspecified atom stereocenters. The van der Waals surface area contributed by atoms with Crippen molar-refractivity contribution in [2.45, 2.75) is 30.9 Å². The zero-order valence-corrected chi connectivity index (χ0v) is 14.5. The van der Waals surface area contributed by atoms with E-state index in [4.69, 9.17) is 22.1 Å². The molecule has 1 aromatic carbocycles. The molecule has 1 aliphatic heterocycles. The summed E-state index contributed by atoms with van der Waals surface area (Å²) in [7, 11) is 0. The van der Waals surface area contributed by atoms with Crippen molar-refractivity contribution >= 4 is 35.0 Å². The van der Waals surface area contributed by atoms with Gasteiger partial charge in [-0.25, -0.2) is 4.79 Å². The number of carbonyl (C=O) groups is 1. The maximum absolute atomic E-state index is 10.9. The third-order valence-electron chi connectivity index (χ3n) is 4.03. The van der Waals surface area contributed by atoms with Crippen LogP contribution >= 0.6 is 24.0 Å². The summed E-state index contributed by atoms with van der Waals surface area (Å²) >= 11 is 7.33. The molecule has 1 aliphatic rings. The summed E-state index contributed by atoms with van der Waals surface area (Å²) in [6.45, 7) is 2.76. The fourth-order valence-electron chi connectivity index (χ4n) is 2.92. The molecule has 4 nitrogen and oxygen atoms in total. The molecule has 0 amide bonds. The third-order valence-corrected chi connectivity index (χ3v) is 5.21. The van der Waals surface area contributed by atoms with E-state index in [9.17, 15) is 4.79 Å². The van der Waals surface area contributed by atoms with Crippen LogP contribution in [0.2, 0.25) is 0 Å². The van der Waals surface area contributed by atoms with E-state index in [1.807, 2.05) is 43.5 Å². The Labute approximate surface area is 144 Å². The van der Waals surface area contributed by atoms with Crippen molar-refractivity contribution in [3.05, 3.63) is 52.8 Å². The molecular weight excluding hydrogens is 330 g/mol. The normalized spacial score (nSPS) is 16.2. The van der Waals surface area contributed by atoms with E-state index in [2.05, 4.69) is 4.57 Å². The first-order chi connectivity index (χ1) is 11.0. The molecule has 1 aromatic heterocycles. The van der Waals surface area contributed by atoms with Gasteiger partial charge in [0, 0.05) is 17.9 Å². The Morgan fingerprint density at radius 3 is 2.70 bits per heavy atom. The molecular formula is C17H17NO3S2. The molecule has 0 aliphatic carbocycles. The standard InChI is InChI=1S/C17H17NO3S2/c1-10-3-5-11(6-4-10)16(22)15-14(23-2)9-12-13(21-17(19)20)7-8-18(12)15/h3-6,9,13H,7-8H2,1-2H3,(H,19,20). The summed E-state index contributed by atoms with van der Waals surface area (Å²) in [4.78, 5) is 12.7. The lowest BCUT2D eigenvalue weighted by atomic mass is 10.1. The Morgan fingerprint density at radius 2 is 2.09 bits per heavy atom. The van der Waals surface area contributed by atoms with Crippen molar-refractivity contribution in [1.29, 1.82) is 0 Å². The maximum atomic E-state index is 10.9. The lowest BCUT2D eigenvalue weighted by Crippen LogP contribution is -2.09. The van der Waals surface area contributed by atoms with Crippen LogP contribution in [0.5, 0.6) is 0 Å². The molecule has 1 atom stereocenters. The molecule has 0 saturated heterocycles. The summed E-state index contributed by atoms with van der Waals surface area (Å²) in [6.07, 6.45) is 1.00. The second-order valence-electron chi connectivity index (χ2n) is 5.49. The number of rotatable bonds is 4. The Kier molecular flexibility index (Phi) is 4.46. The minimum Gasteiger partial charge on any atom is -0.450 e. The second-order valence-corrected chi connectivity index (χ2v) is 6.75. The Morgan fingerprint density at radius 1 is 1.39 bits per heavy atom. The van der Waals surface area contributed by atoms with Gasteiger partial charge in [-0.3, -0.25) is 0 Å². The average Bonchev–Trinajstić information content (AvgIpc) is 3.06. The highest BCUT2D eigenvalue weighted by atomic mass is 32.2. The zero-order valence-electron chi connectivity index (χ0n) is 12.9. The van der Waals surface area contributed by atoms with Crippen LogP contribution in [-0.2, 0) is 11.3 Å². The van der Waals surface area contributed by atoms with Gasteiger partial charge in [0.05, 0.1) is 16.3 Å². The summed E-state index contributed by atoms with van der Waals surface area (Å²) in [5.41, 5.74) is 4.07. The van der Waals surface area contributed by atoms with Gasteiger partial charge in [-0.2, -0.15) is 0 Å². The summed E-state index contributed by atoms with van der Waals surface area (Å²) < 4.78 is 7.09. The Bertz CT molecular complexity index is 765. The number of aryl methyl sites for hydroxylation is 1. The molecule has 0 radical (unpaired) electrons. The molecule has 0 spiro atoms. The van der Waals surface area contributed by atoms with Gasteiger partial charge in [-0.05, 0) is 24.8 Å². The predicted molar refractivity (Wildman–Crippen MR) is 94.7 cm³/mol. The number of nitrogens with zero attached hydrogens (tertiary/aromatic N) is 1. The van der Waals surface area contributed by atoms with E-state index in [1.165, 1.54) is 5.56 Å². The smallest absolute Gasteiger partial charge is 0.450 e. The summed E-state index contributed by atoms with van der Waals surface area (Å²) in [5, 5.41) is 8.88. The molecule has 0 fully saturated rings. The third kappa shape index (κ3) is 3.01. The second kappa shape index (κ2) is 6.37. The van der Waals surface area contributed by atoms with E-state index in [0.717, 1.165) is 33.3 Å². The fraction of sp³-hybridized carbons (Fsp3) is 0.294. The van der Waals surface area contributed by atoms with Crippen LogP contribution in [0.25, 0.3) is 0 Å². The molecule has 0 bridgehead atoms. The first kappa shape index (κ1) is 16.1. The molecule has 6 heteroatoms. The van der Waals surface area contributed by atoms with Crippen molar-refractivity contribution in [2.24, 2.45) is 0 Å². The first-order valence-corrected chi connectivity index (χ1v) is 8.93. The quantitative estimate of drug-likeness (QED) is 0.384. The van der Waals surface area contributed by atoms with Crippen molar-refractivity contribution in [2.75, 3.05) is 6.26 Å². The Balaban J connectivity index is 2.01. The monoisotopic (exact) mass is 347 g/mol. The highest BCUT2D eigenvalue weighted by Gasteiger charge is 2.31. The minimum atomic E-state index is -1.24. The first-order valence-electron chi connectivity index (χ1n) is 7.29. The van der Waals surface area contributed by atoms with E-state index < -0.39 is 12.3 Å². The van der Waals surface area contributed by atoms with Crippen LogP contribution in [0, 0.1) is 6.92 Å². The van der Waals surface area contributed by atoms with Gasteiger partial charge in [0.25, 0.3) is 0 Å². The number of aromatic nitrogens is 1. The van der Waals surface area contributed by atoms with Crippen molar-refractivity contribution in [3.8, 4) is 0 Å².